The molecule has 132 valence electrons. The third-order valence-corrected chi connectivity index (χ3v) is 8.31. The molecule has 3 heterocycles. The first kappa shape index (κ1) is 18.2. The molecule has 0 aromatic heterocycles. The molecule has 0 spiro atoms. The molecule has 25 heavy (non-hydrogen) atoms. The number of aliphatic carboxylic acids is 1. The van der Waals surface area contributed by atoms with Crippen LogP contribution in [0, 0.1) is 22.5 Å². The number of hydrogen-bond acceptors (Lipinski definition) is 6. The smallest absolute Gasteiger partial charge is 0.339 e. The van der Waals surface area contributed by atoms with Crippen LogP contribution in [0.1, 0.15) is 10.4 Å². The minimum Gasteiger partial charge on any atom is -0.481 e. The van der Waals surface area contributed by atoms with Gasteiger partial charge in [0.25, 0.3) is 0 Å². The molecule has 0 saturated carbocycles. The SMILES string of the molecule is O=C(OC1C2OC(=O)C3C2OC1C3C(=O)O)c1cc(I)cc(I)c1I. The molecule has 4 rings (SSSR count). The van der Waals surface area contributed by atoms with Gasteiger partial charge in [0.05, 0.1) is 5.56 Å². The number of hydrogen-bond donors (Lipinski definition) is 1. The number of rotatable bonds is 3. The van der Waals surface area contributed by atoms with E-state index in [0.717, 1.165) is 10.7 Å². The molecular formula is C15H9I3O7. The zero-order valence-corrected chi connectivity index (χ0v) is 18.6. The molecule has 7 nitrogen and oxygen atoms in total. The number of carbonyl (C=O) groups excluding carboxylic acids is 2. The van der Waals surface area contributed by atoms with Crippen molar-refractivity contribution in [3.05, 3.63) is 28.4 Å². The van der Waals surface area contributed by atoms with E-state index in [1.165, 1.54) is 0 Å². The molecule has 10 heteroatoms. The number of esters is 2. The molecule has 3 fully saturated rings. The Morgan fingerprint density at radius 3 is 2.52 bits per heavy atom. The van der Waals surface area contributed by atoms with Crippen molar-refractivity contribution in [3.63, 3.8) is 0 Å². The van der Waals surface area contributed by atoms with Gasteiger partial charge in [-0.1, -0.05) is 0 Å². The van der Waals surface area contributed by atoms with Crippen molar-refractivity contribution in [2.45, 2.75) is 24.4 Å². The normalized spacial score (nSPS) is 34.9. The van der Waals surface area contributed by atoms with Gasteiger partial charge in [-0.25, -0.2) is 4.79 Å². The maximum atomic E-state index is 12.7. The van der Waals surface area contributed by atoms with Crippen LogP contribution >= 0.6 is 67.8 Å². The van der Waals surface area contributed by atoms with Crippen molar-refractivity contribution in [2.75, 3.05) is 0 Å². The van der Waals surface area contributed by atoms with Crippen molar-refractivity contribution in [1.29, 1.82) is 0 Å². The molecule has 3 aliphatic heterocycles. The highest BCUT2D eigenvalue weighted by atomic mass is 127. The second-order valence-corrected chi connectivity index (χ2v) is 9.46. The second kappa shape index (κ2) is 6.44. The zero-order chi connectivity index (χ0) is 18.0. The van der Waals surface area contributed by atoms with Gasteiger partial charge in [-0.15, -0.1) is 0 Å². The highest BCUT2D eigenvalue weighted by Crippen LogP contribution is 2.51. The van der Waals surface area contributed by atoms with E-state index in [4.69, 9.17) is 14.2 Å². The number of carboxylic acids is 1. The highest BCUT2D eigenvalue weighted by Gasteiger charge is 2.71. The maximum absolute atomic E-state index is 12.7. The van der Waals surface area contributed by atoms with Gasteiger partial charge >= 0.3 is 17.9 Å². The molecule has 6 unspecified atom stereocenters. The Bertz CT molecular complexity index is 811. The average molecular weight is 682 g/mol. The molecule has 0 amide bonds. The van der Waals surface area contributed by atoms with E-state index in [1.54, 1.807) is 6.07 Å². The molecule has 1 aromatic carbocycles. The molecule has 1 aromatic rings. The van der Waals surface area contributed by atoms with E-state index in [9.17, 15) is 19.5 Å². The predicted molar refractivity (Wildman–Crippen MR) is 107 cm³/mol. The third-order valence-electron chi connectivity index (χ3n) is 4.65. The first-order chi connectivity index (χ1) is 11.8. The summed E-state index contributed by atoms with van der Waals surface area (Å²) in [5, 5.41) is 9.43. The summed E-state index contributed by atoms with van der Waals surface area (Å²) in [7, 11) is 0. The Morgan fingerprint density at radius 1 is 1.12 bits per heavy atom. The van der Waals surface area contributed by atoms with Crippen LogP contribution in [0.15, 0.2) is 12.1 Å². The lowest BCUT2D eigenvalue weighted by molar-refractivity contribution is -0.151. The van der Waals surface area contributed by atoms with Crippen LogP contribution < -0.4 is 0 Å². The van der Waals surface area contributed by atoms with Crippen molar-refractivity contribution < 1.29 is 33.7 Å². The van der Waals surface area contributed by atoms with Gasteiger partial charge in [0.15, 0.2) is 12.2 Å². The van der Waals surface area contributed by atoms with Gasteiger partial charge < -0.3 is 19.3 Å². The van der Waals surface area contributed by atoms with Crippen LogP contribution in [0.4, 0.5) is 0 Å². The topological polar surface area (TPSA) is 99.1 Å². The highest BCUT2D eigenvalue weighted by molar-refractivity contribution is 14.1. The minimum absolute atomic E-state index is 0.396. The number of benzene rings is 1. The first-order valence-corrected chi connectivity index (χ1v) is 10.5. The molecule has 1 N–H and O–H groups in total. The monoisotopic (exact) mass is 682 g/mol. The van der Waals surface area contributed by atoms with Gasteiger partial charge in [-0.05, 0) is 79.9 Å². The maximum Gasteiger partial charge on any atom is 0.339 e. The number of fused-ring (bicyclic) bond motifs is 1. The lowest BCUT2D eigenvalue weighted by atomic mass is 9.78. The van der Waals surface area contributed by atoms with Crippen LogP contribution in [0.2, 0.25) is 0 Å². The second-order valence-electron chi connectivity index (χ2n) is 5.98. The molecule has 0 radical (unpaired) electrons. The van der Waals surface area contributed by atoms with E-state index in [1.807, 2.05) is 6.07 Å². The fourth-order valence-corrected chi connectivity index (χ4v) is 6.02. The summed E-state index contributed by atoms with van der Waals surface area (Å²) >= 11 is 6.31. The fraction of sp³-hybridized carbons (Fsp3) is 0.400. The number of carbonyl (C=O) groups is 3. The van der Waals surface area contributed by atoms with E-state index < -0.39 is 54.2 Å². The lowest BCUT2D eigenvalue weighted by Gasteiger charge is -2.26. The summed E-state index contributed by atoms with van der Waals surface area (Å²) < 4.78 is 19.0. The van der Waals surface area contributed by atoms with Gasteiger partial charge in [-0.2, -0.15) is 0 Å². The van der Waals surface area contributed by atoms with E-state index in [-0.39, 0.29) is 0 Å². The Morgan fingerprint density at radius 2 is 1.84 bits per heavy atom. The molecule has 3 saturated heterocycles. The third kappa shape index (κ3) is 2.77. The summed E-state index contributed by atoms with van der Waals surface area (Å²) in [4.78, 5) is 36.1. The summed E-state index contributed by atoms with van der Waals surface area (Å²) in [6.07, 6.45) is -3.17. The standard InChI is InChI=1S/C15H9I3O7/c16-3-1-4(8(18)5(17)2-3)14(21)24-11-9-6(13(19)20)7-10(23-9)12(11)25-15(7)22/h1-2,6-7,9-12H,(H,19,20). The molecule has 2 bridgehead atoms. The number of carboxylic acid groups (broad SMARTS) is 1. The van der Waals surface area contributed by atoms with E-state index in [0.29, 0.717) is 5.56 Å². The van der Waals surface area contributed by atoms with Gasteiger partial charge in [0.1, 0.15) is 24.0 Å². The molecule has 6 atom stereocenters. The Labute approximate surface area is 182 Å². The van der Waals surface area contributed by atoms with Crippen molar-refractivity contribution in [1.82, 2.24) is 0 Å². The minimum atomic E-state index is -1.14. The van der Waals surface area contributed by atoms with E-state index >= 15 is 0 Å². The Hall–Kier alpha value is -0.220. The largest absolute Gasteiger partial charge is 0.481 e. The summed E-state index contributed by atoms with van der Waals surface area (Å²) in [6, 6.07) is 3.64. The van der Waals surface area contributed by atoms with Crippen molar-refractivity contribution in [3.8, 4) is 0 Å². The predicted octanol–water partition coefficient (Wildman–Crippen LogP) is 2.05. The van der Waals surface area contributed by atoms with Crippen molar-refractivity contribution >= 4 is 85.7 Å². The van der Waals surface area contributed by atoms with E-state index in [2.05, 4.69) is 67.8 Å². The van der Waals surface area contributed by atoms with Gasteiger partial charge in [0, 0.05) is 10.7 Å². The van der Waals surface area contributed by atoms with Crippen LogP contribution in [0.3, 0.4) is 0 Å². The van der Waals surface area contributed by atoms with Crippen LogP contribution in [-0.4, -0.2) is 47.4 Å². The van der Waals surface area contributed by atoms with Crippen molar-refractivity contribution in [2.24, 2.45) is 11.8 Å². The summed E-state index contributed by atoms with van der Waals surface area (Å²) in [6.45, 7) is 0. The average Bonchev–Trinajstić information content (AvgIpc) is 3.13. The first-order valence-electron chi connectivity index (χ1n) is 7.24. The van der Waals surface area contributed by atoms with Crippen LogP contribution in [0.5, 0.6) is 0 Å². The summed E-state index contributed by atoms with van der Waals surface area (Å²) in [5.41, 5.74) is 0.396. The Kier molecular flexibility index (Phi) is 4.68. The lowest BCUT2D eigenvalue weighted by Crippen LogP contribution is -2.47. The fourth-order valence-electron chi connectivity index (χ4n) is 3.64. The van der Waals surface area contributed by atoms with Gasteiger partial charge in [-0.3, -0.25) is 9.59 Å². The molecule has 0 aliphatic carbocycles. The Balaban J connectivity index is 1.63. The number of ether oxygens (including phenoxy) is 3. The molecular weight excluding hydrogens is 673 g/mol. The quantitative estimate of drug-likeness (QED) is 0.297. The van der Waals surface area contributed by atoms with Gasteiger partial charge in [0.2, 0.25) is 0 Å². The van der Waals surface area contributed by atoms with Crippen LogP contribution in [0.25, 0.3) is 0 Å². The summed E-state index contributed by atoms with van der Waals surface area (Å²) in [5.74, 6) is -4.19. The zero-order valence-electron chi connectivity index (χ0n) is 12.1. The number of halogens is 3. The molecule has 3 aliphatic rings. The van der Waals surface area contributed by atoms with Crippen LogP contribution in [-0.2, 0) is 23.8 Å².